The van der Waals surface area contributed by atoms with Gasteiger partial charge in [-0.3, -0.25) is 4.79 Å². The van der Waals surface area contributed by atoms with Gasteiger partial charge in [-0.1, -0.05) is 13.8 Å². The molecule has 0 bridgehead atoms. The molecule has 0 fully saturated rings. The standard InChI is InChI=1S/C13H18N2O3/c1-8(2)4-9(3)14-15-13(18)10-5-11(16)7-12(17)6-10/h5-8,16-17H,4H2,1-3H3,(H,15,18)/b14-9+. The third-order valence-corrected chi connectivity index (χ3v) is 2.22. The van der Waals surface area contributed by atoms with Gasteiger partial charge in [0.25, 0.3) is 5.91 Å². The first-order valence-electron chi connectivity index (χ1n) is 5.75. The van der Waals surface area contributed by atoms with E-state index in [1.54, 1.807) is 0 Å². The molecular weight excluding hydrogens is 232 g/mol. The number of nitrogens with one attached hydrogen (secondary N) is 1. The quantitative estimate of drug-likeness (QED) is 0.566. The van der Waals surface area contributed by atoms with Crippen LogP contribution in [0.1, 0.15) is 37.6 Å². The Morgan fingerprint density at radius 2 is 1.83 bits per heavy atom. The summed E-state index contributed by atoms with van der Waals surface area (Å²) in [5.74, 6) is -0.328. The third-order valence-electron chi connectivity index (χ3n) is 2.22. The van der Waals surface area contributed by atoms with E-state index >= 15 is 0 Å². The lowest BCUT2D eigenvalue weighted by Crippen LogP contribution is -2.19. The Kier molecular flexibility index (Phi) is 4.71. The lowest BCUT2D eigenvalue weighted by atomic mass is 10.1. The Hall–Kier alpha value is -2.04. The number of hydrazone groups is 1. The van der Waals surface area contributed by atoms with Gasteiger partial charge in [-0.05, 0) is 31.4 Å². The van der Waals surface area contributed by atoms with E-state index < -0.39 is 5.91 Å². The van der Waals surface area contributed by atoms with Crippen molar-refractivity contribution in [2.24, 2.45) is 11.0 Å². The second-order valence-corrected chi connectivity index (χ2v) is 4.62. The maximum atomic E-state index is 11.7. The van der Waals surface area contributed by atoms with Crippen molar-refractivity contribution in [1.29, 1.82) is 0 Å². The second-order valence-electron chi connectivity index (χ2n) is 4.62. The fraction of sp³-hybridized carbons (Fsp3) is 0.385. The molecule has 0 unspecified atom stereocenters. The van der Waals surface area contributed by atoms with E-state index in [0.29, 0.717) is 5.92 Å². The highest BCUT2D eigenvalue weighted by atomic mass is 16.3. The smallest absolute Gasteiger partial charge is 0.271 e. The second kappa shape index (κ2) is 6.05. The minimum Gasteiger partial charge on any atom is -0.508 e. The van der Waals surface area contributed by atoms with Crippen LogP contribution in [0.25, 0.3) is 0 Å². The van der Waals surface area contributed by atoms with Crippen LogP contribution < -0.4 is 5.43 Å². The van der Waals surface area contributed by atoms with Crippen molar-refractivity contribution in [3.63, 3.8) is 0 Å². The van der Waals surface area contributed by atoms with Crippen LogP contribution in [0.2, 0.25) is 0 Å². The van der Waals surface area contributed by atoms with Crippen LogP contribution in [0, 0.1) is 5.92 Å². The fourth-order valence-corrected chi connectivity index (χ4v) is 1.57. The minimum atomic E-state index is -0.468. The number of carbonyl (C=O) groups is 1. The van der Waals surface area contributed by atoms with Crippen LogP contribution in [0.3, 0.4) is 0 Å². The Bertz CT molecular complexity index is 447. The van der Waals surface area contributed by atoms with Crippen molar-refractivity contribution in [2.75, 3.05) is 0 Å². The summed E-state index contributed by atoms with van der Waals surface area (Å²) in [7, 11) is 0. The molecule has 1 amide bonds. The summed E-state index contributed by atoms with van der Waals surface area (Å²) in [6.45, 7) is 5.96. The molecule has 1 rings (SSSR count). The van der Waals surface area contributed by atoms with Gasteiger partial charge in [0.1, 0.15) is 11.5 Å². The molecule has 3 N–H and O–H groups in total. The fourth-order valence-electron chi connectivity index (χ4n) is 1.57. The number of phenols is 2. The number of phenolic OH excluding ortho intramolecular Hbond substituents is 2. The number of nitrogens with zero attached hydrogens (tertiary/aromatic N) is 1. The lowest BCUT2D eigenvalue weighted by molar-refractivity contribution is 0.0954. The van der Waals surface area contributed by atoms with Crippen molar-refractivity contribution in [1.82, 2.24) is 5.43 Å². The molecule has 5 nitrogen and oxygen atoms in total. The van der Waals surface area contributed by atoms with E-state index in [4.69, 9.17) is 0 Å². The average Bonchev–Trinajstić information content (AvgIpc) is 2.23. The molecule has 98 valence electrons. The van der Waals surface area contributed by atoms with E-state index in [1.165, 1.54) is 12.1 Å². The van der Waals surface area contributed by atoms with E-state index in [1.807, 2.05) is 6.92 Å². The molecular formula is C13H18N2O3. The number of amides is 1. The SMILES string of the molecule is C/C(CC(C)C)=N\NC(=O)c1cc(O)cc(O)c1. The predicted molar refractivity (Wildman–Crippen MR) is 69.8 cm³/mol. The molecule has 0 spiro atoms. The maximum Gasteiger partial charge on any atom is 0.271 e. The average molecular weight is 250 g/mol. The van der Waals surface area contributed by atoms with Gasteiger partial charge < -0.3 is 10.2 Å². The normalized spacial score (nSPS) is 11.7. The molecule has 1 aromatic rings. The number of hydrogen-bond donors (Lipinski definition) is 3. The van der Waals surface area contributed by atoms with E-state index in [-0.39, 0.29) is 17.1 Å². The highest BCUT2D eigenvalue weighted by Crippen LogP contribution is 2.20. The molecule has 0 aliphatic rings. The number of rotatable bonds is 4. The van der Waals surface area contributed by atoms with Gasteiger partial charge in [0, 0.05) is 17.3 Å². The maximum absolute atomic E-state index is 11.7. The summed E-state index contributed by atoms with van der Waals surface area (Å²) in [6, 6.07) is 3.69. The van der Waals surface area contributed by atoms with Gasteiger partial charge in [0.05, 0.1) is 0 Å². The molecule has 1 aromatic carbocycles. The van der Waals surface area contributed by atoms with Gasteiger partial charge in [0.15, 0.2) is 0 Å². The summed E-state index contributed by atoms with van der Waals surface area (Å²) in [6.07, 6.45) is 0.797. The van der Waals surface area contributed by atoms with Crippen LogP contribution in [-0.2, 0) is 0 Å². The summed E-state index contributed by atoms with van der Waals surface area (Å²) < 4.78 is 0. The zero-order valence-electron chi connectivity index (χ0n) is 10.8. The third kappa shape index (κ3) is 4.45. The molecule has 0 heterocycles. The first-order valence-corrected chi connectivity index (χ1v) is 5.75. The largest absolute Gasteiger partial charge is 0.508 e. The summed E-state index contributed by atoms with van der Waals surface area (Å²) >= 11 is 0. The monoisotopic (exact) mass is 250 g/mol. The van der Waals surface area contributed by atoms with Gasteiger partial charge >= 0.3 is 0 Å². The van der Waals surface area contributed by atoms with Gasteiger partial charge in [-0.2, -0.15) is 5.10 Å². The molecule has 0 aliphatic carbocycles. The van der Waals surface area contributed by atoms with Gasteiger partial charge in [0.2, 0.25) is 0 Å². The van der Waals surface area contributed by atoms with Gasteiger partial charge in [-0.15, -0.1) is 0 Å². The molecule has 0 saturated heterocycles. The summed E-state index contributed by atoms with van der Waals surface area (Å²) in [5.41, 5.74) is 3.37. The Labute approximate surface area is 106 Å². The lowest BCUT2D eigenvalue weighted by Gasteiger charge is -2.05. The number of carbonyl (C=O) groups excluding carboxylic acids is 1. The van der Waals surface area contributed by atoms with Crippen molar-refractivity contribution >= 4 is 11.6 Å². The summed E-state index contributed by atoms with van der Waals surface area (Å²) in [4.78, 5) is 11.7. The van der Waals surface area contributed by atoms with Gasteiger partial charge in [-0.25, -0.2) is 5.43 Å². The van der Waals surface area contributed by atoms with Crippen LogP contribution in [-0.4, -0.2) is 21.8 Å². The molecule has 18 heavy (non-hydrogen) atoms. The predicted octanol–water partition coefficient (Wildman–Crippen LogP) is 2.25. The van der Waals surface area contributed by atoms with Crippen LogP contribution >= 0.6 is 0 Å². The van der Waals surface area contributed by atoms with Crippen molar-refractivity contribution in [3.05, 3.63) is 23.8 Å². The molecule has 0 aliphatic heterocycles. The zero-order valence-corrected chi connectivity index (χ0v) is 10.8. The van der Waals surface area contributed by atoms with Crippen molar-refractivity contribution in [3.8, 4) is 11.5 Å². The number of benzene rings is 1. The van der Waals surface area contributed by atoms with E-state index in [9.17, 15) is 15.0 Å². The highest BCUT2D eigenvalue weighted by molar-refractivity contribution is 5.96. The highest BCUT2D eigenvalue weighted by Gasteiger charge is 2.08. The van der Waals surface area contributed by atoms with Crippen LogP contribution in [0.15, 0.2) is 23.3 Å². The number of aromatic hydroxyl groups is 2. The number of hydrogen-bond acceptors (Lipinski definition) is 4. The first kappa shape index (κ1) is 14.0. The Morgan fingerprint density at radius 1 is 1.28 bits per heavy atom. The first-order chi connectivity index (χ1) is 8.38. The Balaban J connectivity index is 2.71. The minimum absolute atomic E-state index is 0.161. The molecule has 0 atom stereocenters. The zero-order chi connectivity index (χ0) is 13.7. The van der Waals surface area contributed by atoms with Crippen LogP contribution in [0.5, 0.6) is 11.5 Å². The summed E-state index contributed by atoms with van der Waals surface area (Å²) in [5, 5.41) is 22.5. The molecule has 5 heteroatoms. The molecule has 0 radical (unpaired) electrons. The van der Waals surface area contributed by atoms with Crippen molar-refractivity contribution < 1.29 is 15.0 Å². The van der Waals surface area contributed by atoms with Crippen molar-refractivity contribution in [2.45, 2.75) is 27.2 Å². The van der Waals surface area contributed by atoms with E-state index in [0.717, 1.165) is 18.2 Å². The Morgan fingerprint density at radius 3 is 2.33 bits per heavy atom. The van der Waals surface area contributed by atoms with E-state index in [2.05, 4.69) is 24.4 Å². The molecule has 0 aromatic heterocycles. The molecule has 0 saturated carbocycles. The topological polar surface area (TPSA) is 81.9 Å². The van der Waals surface area contributed by atoms with Crippen LogP contribution in [0.4, 0.5) is 0 Å².